The minimum atomic E-state index is -4.77. The number of pyridine rings is 1. The Morgan fingerprint density at radius 2 is 1.20 bits per heavy atom. The number of aromatic nitrogens is 1. The van der Waals surface area contributed by atoms with Crippen LogP contribution >= 0.6 is 11.6 Å². The summed E-state index contributed by atoms with van der Waals surface area (Å²) in [6.07, 6.45) is -4.35. The van der Waals surface area contributed by atoms with Crippen LogP contribution in [0.15, 0.2) is 48.7 Å². The summed E-state index contributed by atoms with van der Waals surface area (Å²) < 4.78 is 101. The lowest BCUT2D eigenvalue weighted by atomic mass is 9.98. The molecule has 3 rings (SSSR count). The van der Waals surface area contributed by atoms with Crippen molar-refractivity contribution in [3.8, 4) is 28.7 Å². The number of benzene rings is 2. The first-order valence-electron chi connectivity index (χ1n) is 21.1. The summed E-state index contributed by atoms with van der Waals surface area (Å²) in [6.45, 7) is 11.6. The fraction of sp³-hybridized carbons (Fsp3) is 0.556. The maximum absolute atomic E-state index is 14.0. The summed E-state index contributed by atoms with van der Waals surface area (Å²) in [5.41, 5.74) is -1.56. The second-order valence-electron chi connectivity index (χ2n) is 14.8. The van der Waals surface area contributed by atoms with Gasteiger partial charge in [0.1, 0.15) is 29.4 Å². The van der Waals surface area contributed by atoms with Gasteiger partial charge in [-0.15, -0.1) is 0 Å². The van der Waals surface area contributed by atoms with Crippen molar-refractivity contribution < 1.29 is 74.9 Å². The third kappa shape index (κ3) is 21.2. The standard InChI is InChI=1S/C45H60ClF3N4O13/c1-44(2,3)66-43(55)51-10-11-57-12-13-58-14-15-59-16-17-60-18-19-61-20-21-62-22-23-63-24-25-64-26-27-65-40-30-37(46)34(36-32-52-41(45(47,48)49)28-33(36)31-50)29-35(40)42(54)53(4)38-8-6-7-9-39(38)56-5/h6-9,28-30,32H,10-27H2,1-5H3,(H,51,55). The number of rotatable bonds is 32. The molecule has 17 nitrogen and oxygen atoms in total. The van der Waals surface area contributed by atoms with Crippen molar-refractivity contribution in [2.45, 2.75) is 32.5 Å². The molecule has 0 spiro atoms. The molecule has 0 saturated carbocycles. The van der Waals surface area contributed by atoms with Gasteiger partial charge in [-0.05, 0) is 45.0 Å². The number of alkyl carbamates (subject to hydrolysis) is 1. The van der Waals surface area contributed by atoms with Crippen LogP contribution in [0.5, 0.6) is 11.5 Å². The predicted molar refractivity (Wildman–Crippen MR) is 236 cm³/mol. The molecule has 1 aromatic heterocycles. The maximum Gasteiger partial charge on any atom is 0.433 e. The Bertz CT molecular complexity index is 1950. The number of methoxy groups -OCH3 is 1. The molecule has 0 aliphatic rings. The lowest BCUT2D eigenvalue weighted by Crippen LogP contribution is -2.34. The number of para-hydroxylation sites is 2. The minimum Gasteiger partial charge on any atom is -0.495 e. The fourth-order valence-electron chi connectivity index (χ4n) is 5.55. The van der Waals surface area contributed by atoms with E-state index in [4.69, 9.17) is 63.7 Å². The molecule has 2 aromatic carbocycles. The van der Waals surface area contributed by atoms with Crippen LogP contribution in [0.25, 0.3) is 11.1 Å². The number of nitriles is 1. The Labute approximate surface area is 388 Å². The molecule has 0 bridgehead atoms. The van der Waals surface area contributed by atoms with Crippen molar-refractivity contribution in [3.63, 3.8) is 0 Å². The molecule has 0 unspecified atom stereocenters. The van der Waals surface area contributed by atoms with Gasteiger partial charge < -0.3 is 62.3 Å². The van der Waals surface area contributed by atoms with E-state index in [1.165, 1.54) is 31.2 Å². The molecule has 0 radical (unpaired) electrons. The SMILES string of the molecule is COc1ccccc1N(C)C(=O)c1cc(-c2cnc(C(F)(F)F)cc2C#N)c(Cl)cc1OCCOCCOCCOCCOCCOCCOCCOCCOCCNC(=O)OC(C)(C)C. The molecule has 0 saturated heterocycles. The Morgan fingerprint density at radius 3 is 1.67 bits per heavy atom. The highest BCUT2D eigenvalue weighted by molar-refractivity contribution is 6.34. The predicted octanol–water partition coefficient (Wildman–Crippen LogP) is 6.61. The monoisotopic (exact) mass is 956 g/mol. The number of anilines is 1. The Balaban J connectivity index is 1.25. The normalized spacial score (nSPS) is 11.6. The van der Waals surface area contributed by atoms with E-state index < -0.39 is 29.5 Å². The number of carbonyl (C=O) groups is 2. The lowest BCUT2D eigenvalue weighted by molar-refractivity contribution is -0.141. The summed E-state index contributed by atoms with van der Waals surface area (Å²) in [4.78, 5) is 30.3. The number of halogens is 4. The number of hydrogen-bond acceptors (Lipinski definition) is 15. The highest BCUT2D eigenvalue weighted by Crippen LogP contribution is 2.39. The lowest BCUT2D eigenvalue weighted by Gasteiger charge is -2.22. The minimum absolute atomic E-state index is 0.00191. The molecule has 0 fully saturated rings. The van der Waals surface area contributed by atoms with Crippen LogP contribution in [0.4, 0.5) is 23.7 Å². The summed E-state index contributed by atoms with van der Waals surface area (Å²) in [7, 11) is 2.99. The average Bonchev–Trinajstić information content (AvgIpc) is 3.28. The number of carbonyl (C=O) groups excluding carboxylic acids is 2. The Hall–Kier alpha value is -4.82. The average molecular weight is 957 g/mol. The first-order chi connectivity index (χ1) is 31.7. The van der Waals surface area contributed by atoms with Gasteiger partial charge in [0.05, 0.1) is 141 Å². The summed E-state index contributed by atoms with van der Waals surface area (Å²) >= 11 is 6.60. The van der Waals surface area contributed by atoms with Gasteiger partial charge in [0, 0.05) is 37.0 Å². The number of nitrogens with one attached hydrogen (secondary N) is 1. The van der Waals surface area contributed by atoms with E-state index in [0.717, 1.165) is 6.20 Å². The fourth-order valence-corrected chi connectivity index (χ4v) is 5.81. The molecule has 66 heavy (non-hydrogen) atoms. The van der Waals surface area contributed by atoms with E-state index >= 15 is 0 Å². The third-order valence-corrected chi connectivity index (χ3v) is 8.97. The number of amides is 2. The van der Waals surface area contributed by atoms with E-state index in [-0.39, 0.29) is 59.5 Å². The van der Waals surface area contributed by atoms with Crippen LogP contribution in [0.2, 0.25) is 5.02 Å². The van der Waals surface area contributed by atoms with Crippen LogP contribution in [0, 0.1) is 11.3 Å². The molecular weight excluding hydrogens is 897 g/mol. The van der Waals surface area contributed by atoms with E-state index in [1.54, 1.807) is 51.1 Å². The van der Waals surface area contributed by atoms with Crippen LogP contribution in [-0.4, -0.2) is 156 Å². The number of alkyl halides is 3. The van der Waals surface area contributed by atoms with Crippen molar-refractivity contribution in [3.05, 3.63) is 70.5 Å². The van der Waals surface area contributed by atoms with E-state index in [0.29, 0.717) is 110 Å². The Morgan fingerprint density at radius 1 is 0.712 bits per heavy atom. The summed E-state index contributed by atoms with van der Waals surface area (Å²) in [6, 6.07) is 11.9. The van der Waals surface area contributed by atoms with E-state index in [9.17, 15) is 28.0 Å². The van der Waals surface area contributed by atoms with Gasteiger partial charge in [-0.25, -0.2) is 4.79 Å². The number of hydrogen-bond donors (Lipinski definition) is 1. The first kappa shape index (κ1) is 55.5. The van der Waals surface area contributed by atoms with Crippen LogP contribution in [-0.2, 0) is 48.8 Å². The molecule has 2 amide bonds. The second kappa shape index (κ2) is 30.5. The molecule has 0 atom stereocenters. The zero-order chi connectivity index (χ0) is 48.2. The molecule has 1 N–H and O–H groups in total. The van der Waals surface area contributed by atoms with Crippen LogP contribution in [0.1, 0.15) is 42.4 Å². The molecule has 21 heteroatoms. The molecule has 366 valence electrons. The zero-order valence-electron chi connectivity index (χ0n) is 38.0. The zero-order valence-corrected chi connectivity index (χ0v) is 38.8. The number of nitrogens with zero attached hydrogens (tertiary/aromatic N) is 3. The van der Waals surface area contributed by atoms with Gasteiger partial charge in [0.25, 0.3) is 5.91 Å². The summed E-state index contributed by atoms with van der Waals surface area (Å²) in [5, 5.41) is 12.3. The molecular formula is C45H60ClF3N4O13. The highest BCUT2D eigenvalue weighted by Gasteiger charge is 2.33. The summed E-state index contributed by atoms with van der Waals surface area (Å²) in [5.74, 6) is -0.0563. The van der Waals surface area contributed by atoms with Crippen molar-refractivity contribution in [1.29, 1.82) is 5.26 Å². The molecule has 0 aliphatic carbocycles. The van der Waals surface area contributed by atoms with E-state index in [1.807, 2.05) is 0 Å². The maximum atomic E-state index is 14.0. The first-order valence-corrected chi connectivity index (χ1v) is 21.5. The Kier molecular flexibility index (Phi) is 25.6. The quantitative estimate of drug-likeness (QED) is 0.0658. The van der Waals surface area contributed by atoms with Gasteiger partial charge in [-0.2, -0.15) is 18.4 Å². The van der Waals surface area contributed by atoms with Gasteiger partial charge in [0.2, 0.25) is 0 Å². The van der Waals surface area contributed by atoms with Gasteiger partial charge in [-0.3, -0.25) is 9.78 Å². The topological polar surface area (TPSA) is 188 Å². The van der Waals surface area contributed by atoms with Gasteiger partial charge in [0.15, 0.2) is 0 Å². The molecule has 0 aliphatic heterocycles. The smallest absolute Gasteiger partial charge is 0.433 e. The largest absolute Gasteiger partial charge is 0.495 e. The second-order valence-corrected chi connectivity index (χ2v) is 15.2. The van der Waals surface area contributed by atoms with Crippen molar-refractivity contribution in [2.75, 3.05) is 138 Å². The van der Waals surface area contributed by atoms with Crippen LogP contribution < -0.4 is 19.7 Å². The van der Waals surface area contributed by atoms with Crippen molar-refractivity contribution >= 4 is 29.3 Å². The highest BCUT2D eigenvalue weighted by atomic mass is 35.5. The molecule has 1 heterocycles. The van der Waals surface area contributed by atoms with E-state index in [2.05, 4.69) is 10.3 Å². The van der Waals surface area contributed by atoms with Crippen molar-refractivity contribution in [1.82, 2.24) is 10.3 Å². The number of ether oxygens (including phenoxy) is 11. The van der Waals surface area contributed by atoms with Crippen molar-refractivity contribution in [2.24, 2.45) is 0 Å². The van der Waals surface area contributed by atoms with Gasteiger partial charge in [-0.1, -0.05) is 23.7 Å². The molecule has 3 aromatic rings. The third-order valence-electron chi connectivity index (χ3n) is 8.66. The van der Waals surface area contributed by atoms with Gasteiger partial charge >= 0.3 is 12.3 Å². The van der Waals surface area contributed by atoms with Crippen LogP contribution in [0.3, 0.4) is 0 Å².